The SMILES string of the molecule is [Cu+2].[Cu+2].[O-][Cl+2]([O-])[O-].[O-][Cl+2]([O-])[O-].[O-][Cl+2]([O-])[O-].[O-][Cl+2]([O-])[O-]. The first-order valence-electron chi connectivity index (χ1n) is 1.85. The first-order valence-corrected chi connectivity index (χ1v) is 5.55. The Hall–Kier alpha value is 1.72. The molecule has 0 spiro atoms. The third kappa shape index (κ3) is 1680. The average Bonchev–Trinajstić information content (AvgIpc) is 1.76. The van der Waals surface area contributed by atoms with Gasteiger partial charge in [0.05, 0.1) is 43.1 Å². The first kappa shape index (κ1) is 36.7. The molecule has 18 heavy (non-hydrogen) atoms. The van der Waals surface area contributed by atoms with Crippen molar-refractivity contribution in [3.8, 4) is 0 Å². The summed E-state index contributed by atoms with van der Waals surface area (Å²) >= 11 is 0. The monoisotopic (exact) mass is 458 g/mol. The average molecular weight is 461 g/mol. The van der Waals surface area contributed by atoms with Crippen molar-refractivity contribution in [2.45, 2.75) is 0 Å². The third-order valence-corrected chi connectivity index (χ3v) is 0. The molecule has 0 N–H and O–H groups in total. The molecule has 0 aromatic carbocycles. The molecule has 2 radical (unpaired) electrons. The molecular formula is Cl4Cu2O12. The van der Waals surface area contributed by atoms with E-state index < -0.39 is 43.1 Å². The second-order valence-corrected chi connectivity index (χ2v) is 2.27. The van der Waals surface area contributed by atoms with Crippen LogP contribution in [0.2, 0.25) is 0 Å². The van der Waals surface area contributed by atoms with Crippen LogP contribution in [-0.4, -0.2) is 0 Å². The maximum absolute atomic E-state index is 8.41. The Morgan fingerprint density at radius 2 is 0.278 bits per heavy atom. The van der Waals surface area contributed by atoms with Crippen LogP contribution in [0.25, 0.3) is 0 Å². The molecule has 0 aromatic rings. The van der Waals surface area contributed by atoms with Crippen LogP contribution in [0.5, 0.6) is 0 Å². The predicted octanol–water partition coefficient (Wildman–Crippen LogP) is -14.3. The summed E-state index contributed by atoms with van der Waals surface area (Å²) in [6.45, 7) is 0. The summed E-state index contributed by atoms with van der Waals surface area (Å²) in [5.41, 5.74) is 0. The minimum Gasteiger partial charge on any atom is -0.357 e. The Morgan fingerprint density at radius 3 is 0.278 bits per heavy atom. The molecule has 0 aromatic heterocycles. The van der Waals surface area contributed by atoms with Crippen molar-refractivity contribution in [2.24, 2.45) is 0 Å². The summed E-state index contributed by atoms with van der Waals surface area (Å²) in [6.07, 6.45) is 0. The zero-order valence-corrected chi connectivity index (χ0v) is 11.9. The second-order valence-electron chi connectivity index (χ2n) is 0.756. The van der Waals surface area contributed by atoms with Crippen LogP contribution in [0.4, 0.5) is 0 Å². The Morgan fingerprint density at radius 1 is 0.278 bits per heavy atom. The van der Waals surface area contributed by atoms with Gasteiger partial charge in [-0.05, 0) is 0 Å². The Balaban J connectivity index is -0.0000000257. The van der Waals surface area contributed by atoms with Crippen molar-refractivity contribution in [2.75, 3.05) is 0 Å². The van der Waals surface area contributed by atoms with E-state index in [1.807, 2.05) is 0 Å². The molecule has 0 atom stereocenters. The Labute approximate surface area is 133 Å². The van der Waals surface area contributed by atoms with Crippen LogP contribution in [0.3, 0.4) is 0 Å². The van der Waals surface area contributed by atoms with Crippen molar-refractivity contribution in [1.29, 1.82) is 0 Å². The van der Waals surface area contributed by atoms with Gasteiger partial charge in [-0.25, -0.2) is 0 Å². The molecule has 122 valence electrons. The molecule has 0 heterocycles. The fourth-order valence-corrected chi connectivity index (χ4v) is 0. The summed E-state index contributed by atoms with van der Waals surface area (Å²) in [5, 5.41) is 0. The van der Waals surface area contributed by atoms with Crippen molar-refractivity contribution in [3.05, 3.63) is 0 Å². The van der Waals surface area contributed by atoms with E-state index in [1.54, 1.807) is 0 Å². The molecule has 0 unspecified atom stereocenters. The molecule has 0 aliphatic heterocycles. The summed E-state index contributed by atoms with van der Waals surface area (Å²) < 4.78 is 101. The van der Waals surface area contributed by atoms with Crippen molar-refractivity contribution in [1.82, 2.24) is 0 Å². The number of hydrogen-bond donors (Lipinski definition) is 0. The van der Waals surface area contributed by atoms with Gasteiger partial charge in [0.25, 0.3) is 0 Å². The molecule has 0 saturated heterocycles. The second kappa shape index (κ2) is 31.2. The van der Waals surface area contributed by atoms with E-state index in [4.69, 9.17) is 55.9 Å². The molecular weight excluding hydrogens is 461 g/mol. The van der Waals surface area contributed by atoms with Crippen LogP contribution in [0.1, 0.15) is 0 Å². The maximum atomic E-state index is 8.41. The van der Waals surface area contributed by atoms with Gasteiger partial charge >= 0.3 is 34.1 Å². The van der Waals surface area contributed by atoms with Gasteiger partial charge in [0.1, 0.15) is 0 Å². The van der Waals surface area contributed by atoms with Gasteiger partial charge in [-0.15, -0.1) is 0 Å². The van der Waals surface area contributed by atoms with Gasteiger partial charge in [0.15, 0.2) is 0 Å². The van der Waals surface area contributed by atoms with Crippen molar-refractivity contribution < 1.29 is 133 Å². The van der Waals surface area contributed by atoms with Crippen LogP contribution >= 0.6 is 0 Å². The fourth-order valence-electron chi connectivity index (χ4n) is 0. The quantitative estimate of drug-likeness (QED) is 0.304. The molecule has 18 heteroatoms. The van der Waals surface area contributed by atoms with E-state index in [0.717, 1.165) is 0 Å². The third-order valence-electron chi connectivity index (χ3n) is 0. The maximum Gasteiger partial charge on any atom is 2.00 e. The number of halogens is 4. The van der Waals surface area contributed by atoms with Crippen LogP contribution in [-0.2, 0) is 34.1 Å². The van der Waals surface area contributed by atoms with E-state index in [-0.39, 0.29) is 34.1 Å². The summed E-state index contributed by atoms with van der Waals surface area (Å²) in [6, 6.07) is 0. The van der Waals surface area contributed by atoms with Gasteiger partial charge in [-0.3, -0.25) is 0 Å². The molecule has 0 aliphatic carbocycles. The number of rotatable bonds is 0. The van der Waals surface area contributed by atoms with E-state index in [0.29, 0.717) is 0 Å². The largest absolute Gasteiger partial charge is 2.00 e. The molecule has 12 nitrogen and oxygen atoms in total. The van der Waals surface area contributed by atoms with E-state index in [1.165, 1.54) is 0 Å². The van der Waals surface area contributed by atoms with Crippen molar-refractivity contribution >= 4 is 0 Å². The summed E-state index contributed by atoms with van der Waals surface area (Å²) in [7, 11) is -11.4. The smallest absolute Gasteiger partial charge is 0.357 e. The van der Waals surface area contributed by atoms with Crippen molar-refractivity contribution in [3.63, 3.8) is 0 Å². The van der Waals surface area contributed by atoms with E-state index in [2.05, 4.69) is 0 Å². The topological polar surface area (TPSA) is 277 Å². The minimum atomic E-state index is -2.85. The predicted molar refractivity (Wildman–Crippen MR) is 0 cm³/mol. The zero-order chi connectivity index (χ0) is 14.3. The van der Waals surface area contributed by atoms with Gasteiger partial charge in [0.2, 0.25) is 0 Å². The standard InChI is InChI=1S/4ClO3.2Cu/c4*2-1(3)4;;/q4*-1;2*+2. The molecule has 0 saturated carbocycles. The van der Waals surface area contributed by atoms with Crippen LogP contribution in [0.15, 0.2) is 0 Å². The first-order chi connectivity index (χ1) is 6.93. The van der Waals surface area contributed by atoms with Crippen LogP contribution < -0.4 is 55.9 Å². The van der Waals surface area contributed by atoms with Gasteiger partial charge in [-0.1, -0.05) is 0 Å². The number of hydrogen-bond acceptors (Lipinski definition) is 12. The van der Waals surface area contributed by atoms with Gasteiger partial charge < -0.3 is 55.9 Å². The molecule has 0 aliphatic rings. The minimum absolute atomic E-state index is 0. The normalized spacial score (nSPS) is 8.00. The Kier molecular flexibility index (Phi) is 63.7. The zero-order valence-electron chi connectivity index (χ0n) is 7.01. The van der Waals surface area contributed by atoms with Crippen LogP contribution in [0, 0.1) is 43.1 Å². The molecule has 0 fully saturated rings. The fraction of sp³-hybridized carbons (Fsp3) is 0. The summed E-state index contributed by atoms with van der Waals surface area (Å²) in [5.74, 6) is 0. The molecule has 0 bridgehead atoms. The molecule has 0 rings (SSSR count). The summed E-state index contributed by atoms with van der Waals surface area (Å²) in [4.78, 5) is 0. The van der Waals surface area contributed by atoms with E-state index in [9.17, 15) is 0 Å². The van der Waals surface area contributed by atoms with Gasteiger partial charge in [0, 0.05) is 0 Å². The molecule has 0 amide bonds. The van der Waals surface area contributed by atoms with Gasteiger partial charge in [-0.2, -0.15) is 0 Å². The Bertz CT molecular complexity index is 65.1. The van der Waals surface area contributed by atoms with E-state index >= 15 is 0 Å².